The highest BCUT2D eigenvalue weighted by Crippen LogP contribution is 2.56. The summed E-state index contributed by atoms with van der Waals surface area (Å²) in [7, 11) is -1.43. The van der Waals surface area contributed by atoms with E-state index >= 15 is 0 Å². The van der Waals surface area contributed by atoms with Gasteiger partial charge in [0, 0.05) is 84.7 Å². The molecule has 8 aliphatic rings. The highest BCUT2D eigenvalue weighted by molar-refractivity contribution is 6.76. The molecule has 0 radical (unpaired) electrons. The van der Waals surface area contributed by atoms with Crippen molar-refractivity contribution in [2.45, 2.75) is 243 Å². The number of piperidine rings is 1. The fraction of sp³-hybridized carbons (Fsp3) is 0.825. The van der Waals surface area contributed by atoms with Crippen molar-refractivity contribution in [2.24, 2.45) is 35.5 Å². The van der Waals surface area contributed by atoms with Crippen LogP contribution in [0.1, 0.15) is 139 Å². The van der Waals surface area contributed by atoms with Crippen molar-refractivity contribution in [3.63, 3.8) is 0 Å². The lowest BCUT2D eigenvalue weighted by atomic mass is 9.78. The molecule has 1 amide bonds. The number of ether oxygens (including phenoxy) is 10. The van der Waals surface area contributed by atoms with Crippen molar-refractivity contribution in [1.29, 1.82) is 0 Å². The average molecular weight is 1060 g/mol. The maximum Gasteiger partial charge on any atom is 0.412 e. The quantitative estimate of drug-likeness (QED) is 0.0450. The lowest BCUT2D eigenvalue weighted by molar-refractivity contribution is -0.365. The van der Waals surface area contributed by atoms with Crippen LogP contribution >= 0.6 is 0 Å². The number of Topliss-reactive ketones (excluding diaryl/α,β-unsaturated/α-hetero) is 1. The third-order valence-corrected chi connectivity index (χ3v) is 19.0. The Morgan fingerprint density at radius 1 is 0.851 bits per heavy atom. The maximum absolute atomic E-state index is 14.2. The molecule has 416 valence electrons. The summed E-state index contributed by atoms with van der Waals surface area (Å²) in [5, 5.41) is 11.7. The van der Waals surface area contributed by atoms with Crippen LogP contribution in [0.25, 0.3) is 0 Å². The second-order valence-corrected chi connectivity index (χ2v) is 30.8. The van der Waals surface area contributed by atoms with Gasteiger partial charge in [-0.25, -0.2) is 4.79 Å². The average Bonchev–Trinajstić information content (AvgIpc) is 4.00. The first kappa shape index (κ1) is 57.2. The first-order valence-corrected chi connectivity index (χ1v) is 31.8. The summed E-state index contributed by atoms with van der Waals surface area (Å²) in [5.41, 5.74) is -0.277. The Morgan fingerprint density at radius 3 is 2.34 bits per heavy atom. The Labute approximate surface area is 441 Å². The lowest BCUT2D eigenvalue weighted by Gasteiger charge is -2.52. The molecule has 19 atom stereocenters. The second-order valence-electron chi connectivity index (χ2n) is 25.2. The Kier molecular flexibility index (Phi) is 17.6. The third-order valence-electron chi connectivity index (χ3n) is 17.3. The van der Waals surface area contributed by atoms with Crippen LogP contribution in [0.5, 0.6) is 0 Å². The van der Waals surface area contributed by atoms with Gasteiger partial charge in [-0.1, -0.05) is 86.0 Å². The van der Waals surface area contributed by atoms with Crippen LogP contribution in [0.2, 0.25) is 25.7 Å². The molecule has 0 saturated carbocycles. The smallest absolute Gasteiger partial charge is 0.412 e. The minimum atomic E-state index is -1.43. The lowest BCUT2D eigenvalue weighted by Crippen LogP contribution is -2.61. The van der Waals surface area contributed by atoms with E-state index in [1.54, 1.807) is 6.92 Å². The second kappa shape index (κ2) is 22.8. The molecule has 3 spiro atoms. The summed E-state index contributed by atoms with van der Waals surface area (Å²) < 4.78 is 64.7. The van der Waals surface area contributed by atoms with Crippen molar-refractivity contribution < 1.29 is 71.7 Å². The van der Waals surface area contributed by atoms with E-state index in [9.17, 15) is 24.3 Å². The fourth-order valence-corrected chi connectivity index (χ4v) is 14.4. The molecule has 7 saturated heterocycles. The highest BCUT2D eigenvalue weighted by Gasteiger charge is 2.65. The number of aliphatic hydroxyl groups excluding tert-OH is 1. The summed E-state index contributed by atoms with van der Waals surface area (Å²) in [6, 6.07) is 0.884. The fourth-order valence-electron chi connectivity index (χ4n) is 13.7. The summed E-state index contributed by atoms with van der Waals surface area (Å²) in [6.45, 7) is 27.8. The number of hydrogen-bond donors (Lipinski definition) is 1. The van der Waals surface area contributed by atoms with Crippen molar-refractivity contribution in [2.75, 3.05) is 19.8 Å². The molecule has 74 heavy (non-hydrogen) atoms. The van der Waals surface area contributed by atoms with E-state index in [1.807, 2.05) is 24.0 Å². The number of aliphatic hydroxyl groups is 1. The zero-order chi connectivity index (χ0) is 53.5. The van der Waals surface area contributed by atoms with Crippen LogP contribution in [-0.2, 0) is 61.8 Å². The minimum Gasteiger partial charge on any atom is -0.466 e. The summed E-state index contributed by atoms with van der Waals surface area (Å²) in [4.78, 5) is 53.8. The minimum absolute atomic E-state index is 0.0369. The van der Waals surface area contributed by atoms with Gasteiger partial charge in [0.1, 0.15) is 18.3 Å². The van der Waals surface area contributed by atoms with Gasteiger partial charge in [0.2, 0.25) is 0 Å². The van der Waals surface area contributed by atoms with Crippen LogP contribution in [0.3, 0.4) is 0 Å². The van der Waals surface area contributed by atoms with E-state index in [0.717, 1.165) is 38.1 Å². The molecule has 2 bridgehead atoms. The van der Waals surface area contributed by atoms with E-state index in [1.165, 1.54) is 13.8 Å². The van der Waals surface area contributed by atoms with Crippen molar-refractivity contribution in [3.05, 3.63) is 36.5 Å². The summed E-state index contributed by atoms with van der Waals surface area (Å²) in [6.07, 6.45) is 10.9. The summed E-state index contributed by atoms with van der Waals surface area (Å²) in [5.74, 6) is -4.44. The molecule has 8 aliphatic heterocycles. The Bertz CT molecular complexity index is 2110. The summed E-state index contributed by atoms with van der Waals surface area (Å²) >= 11 is 0. The van der Waals surface area contributed by atoms with Crippen LogP contribution in [0.4, 0.5) is 4.79 Å². The molecule has 1 N–H and O–H groups in total. The first-order chi connectivity index (χ1) is 34.8. The SMILES string of the molecule is C=C(C[C@]12C[C@H](C)C[C@H](O1)[C@@H]1O[C@]3(C[C@@H]1O2)[C@H](C)C[C@H](C)CN3C(=O)OCC[Si](C)(C)C)[C@@H](OC(C)=O)[C@@H](C)C[C@@H](C)C(=O)[C@@H](O)[C@H]1C[C@@H]2O[C@@]3(CC[C@]4(C=CC[C@@H](/C=C/CCCOC(C)=O)O4)O3)[C@@H](C)C[C@@H]2O1. The monoisotopic (exact) mass is 1060 g/mol. The van der Waals surface area contributed by atoms with E-state index in [0.29, 0.717) is 70.3 Å². The van der Waals surface area contributed by atoms with Gasteiger partial charge >= 0.3 is 18.0 Å². The van der Waals surface area contributed by atoms with E-state index in [2.05, 4.69) is 66.1 Å². The van der Waals surface area contributed by atoms with Gasteiger partial charge in [0.25, 0.3) is 0 Å². The molecule has 0 aromatic rings. The number of amides is 1. The Balaban J connectivity index is 0.869. The Hall–Kier alpha value is -3.00. The molecule has 0 aromatic carbocycles. The van der Waals surface area contributed by atoms with E-state index < -0.39 is 61.4 Å². The predicted octanol–water partition coefficient (Wildman–Crippen LogP) is 9.33. The third kappa shape index (κ3) is 12.6. The molecule has 0 unspecified atom stereocenters. The molecular formula is C57H89NO15Si. The number of esters is 2. The molecule has 0 aliphatic carbocycles. The van der Waals surface area contributed by atoms with Crippen molar-refractivity contribution in [1.82, 2.24) is 4.90 Å². The normalized spacial score (nSPS) is 40.2. The molecule has 17 heteroatoms. The standard InChI is InChI=1S/C57H89NO15Si/c1-34-26-47-52-48(32-56(72-52)39(6)25-35(2)33-58(56)53(63)65-23-24-74(10,11)12)70-55(30-34,69-47)31-38(5)51(66-42(9)60)37(4)27-36(3)49(61)50(62)46-29-45-44(67-46)28-40(7)57(71-45)21-20-54(73-57)19-16-18-43(68-54)17-14-13-15-22-64-41(8)59/h14,16-17,19,34-37,39-40,43-48,50-52,62H,5,13,15,18,20-33H2,1-4,6-12H3/b17-14+/t34-,35+,36-,37+,39-,40+,43-,44+,45+,46-,47+,48+,50+,51+,52+,54+,55-,56-,57-/m1/s1. The van der Waals surface area contributed by atoms with Crippen LogP contribution in [0, 0.1) is 35.5 Å². The van der Waals surface area contributed by atoms with Gasteiger partial charge in [0.15, 0.2) is 28.9 Å². The molecule has 0 aromatic heterocycles. The van der Waals surface area contributed by atoms with Crippen LogP contribution < -0.4 is 0 Å². The van der Waals surface area contributed by atoms with Crippen molar-refractivity contribution in [3.8, 4) is 0 Å². The van der Waals surface area contributed by atoms with Gasteiger partial charge in [0.05, 0.1) is 49.8 Å². The van der Waals surface area contributed by atoms with Gasteiger partial charge in [-0.2, -0.15) is 0 Å². The predicted molar refractivity (Wildman–Crippen MR) is 277 cm³/mol. The number of hydrogen-bond acceptors (Lipinski definition) is 15. The molecule has 16 nitrogen and oxygen atoms in total. The number of likely N-dealkylation sites (tertiary alicyclic amines) is 1. The maximum atomic E-state index is 14.2. The zero-order valence-corrected chi connectivity index (χ0v) is 47.3. The topological polar surface area (TPSA) is 184 Å². The van der Waals surface area contributed by atoms with Gasteiger partial charge < -0.3 is 52.5 Å². The van der Waals surface area contributed by atoms with E-state index in [4.69, 9.17) is 47.4 Å². The molecule has 7 fully saturated rings. The van der Waals surface area contributed by atoms with Crippen molar-refractivity contribution >= 4 is 31.9 Å². The highest BCUT2D eigenvalue weighted by atomic mass is 28.3. The number of rotatable bonds is 18. The van der Waals surface area contributed by atoms with Crippen LogP contribution in [0.15, 0.2) is 36.5 Å². The number of fused-ring (bicyclic) bond motifs is 5. The number of nitrogens with zero attached hydrogens (tertiary/aromatic N) is 1. The molecular weight excluding hydrogens is 967 g/mol. The molecule has 8 heterocycles. The Morgan fingerprint density at radius 2 is 1.61 bits per heavy atom. The molecule has 8 rings (SSSR count). The number of ketones is 1. The van der Waals surface area contributed by atoms with Crippen LogP contribution in [-0.4, -0.2) is 140 Å². The largest absolute Gasteiger partial charge is 0.466 e. The number of unbranched alkanes of at least 4 members (excludes halogenated alkanes) is 1. The number of allylic oxidation sites excluding steroid dienone is 1. The van der Waals surface area contributed by atoms with E-state index in [-0.39, 0.29) is 90.5 Å². The first-order valence-electron chi connectivity index (χ1n) is 28.1. The van der Waals surface area contributed by atoms with Gasteiger partial charge in [-0.05, 0) is 80.4 Å². The number of carbonyl (C=O) groups excluding carboxylic acids is 4. The van der Waals surface area contributed by atoms with Gasteiger partial charge in [-0.15, -0.1) is 0 Å². The number of carbonyl (C=O) groups is 4. The zero-order valence-electron chi connectivity index (χ0n) is 46.3. The van der Waals surface area contributed by atoms with Gasteiger partial charge in [-0.3, -0.25) is 19.3 Å².